The minimum absolute atomic E-state index is 0.0532. The summed E-state index contributed by atoms with van der Waals surface area (Å²) in [6.07, 6.45) is 2.85. The van der Waals surface area contributed by atoms with Crippen LogP contribution in [-0.2, 0) is 4.74 Å². The Balaban J connectivity index is 1.77. The molecule has 8 nitrogen and oxygen atoms in total. The SMILES string of the molecule is CCOC(=N)c1ccc(Oc2cc(C(=O)N3CCC(CCN)CC3)cc(OC(C)C)n2)cc1. The number of ether oxygens (including phenoxy) is 3. The van der Waals surface area contributed by atoms with Gasteiger partial charge >= 0.3 is 0 Å². The molecule has 0 radical (unpaired) electrons. The predicted molar refractivity (Wildman–Crippen MR) is 127 cm³/mol. The maximum Gasteiger partial charge on any atom is 0.254 e. The fraction of sp³-hybridized carbons (Fsp3) is 0.480. The first-order valence-electron chi connectivity index (χ1n) is 11.6. The third-order valence-electron chi connectivity index (χ3n) is 5.49. The molecule has 3 rings (SSSR count). The number of likely N-dealkylation sites (tertiary alicyclic amines) is 1. The van der Waals surface area contributed by atoms with Gasteiger partial charge in [0.25, 0.3) is 5.91 Å². The molecule has 1 amide bonds. The van der Waals surface area contributed by atoms with E-state index in [1.165, 1.54) is 0 Å². The number of nitrogens with two attached hydrogens (primary N) is 1. The molecule has 1 aliphatic heterocycles. The molecule has 1 fully saturated rings. The second-order valence-corrected chi connectivity index (χ2v) is 8.40. The van der Waals surface area contributed by atoms with Gasteiger partial charge in [-0.2, -0.15) is 4.98 Å². The standard InChI is InChI=1S/C25H34N4O4/c1-4-31-24(27)19-5-7-21(8-6-19)33-23-16-20(15-22(28-23)32-17(2)3)25(30)29-13-10-18(9-12-26)11-14-29/h5-8,15-18,27H,4,9-14,26H2,1-3H3. The molecule has 2 aromatic rings. The van der Waals surface area contributed by atoms with Gasteiger partial charge in [-0.1, -0.05) is 0 Å². The van der Waals surface area contributed by atoms with E-state index >= 15 is 0 Å². The van der Waals surface area contributed by atoms with Gasteiger partial charge in [0, 0.05) is 30.8 Å². The smallest absolute Gasteiger partial charge is 0.254 e. The van der Waals surface area contributed by atoms with Crippen LogP contribution in [0.5, 0.6) is 17.5 Å². The summed E-state index contributed by atoms with van der Waals surface area (Å²) < 4.78 is 16.9. The second kappa shape index (κ2) is 11.7. The molecule has 0 saturated carbocycles. The first kappa shape index (κ1) is 24.5. The third-order valence-corrected chi connectivity index (χ3v) is 5.49. The topological polar surface area (TPSA) is 111 Å². The van der Waals surface area contributed by atoms with Crippen LogP contribution in [0.4, 0.5) is 0 Å². The summed E-state index contributed by atoms with van der Waals surface area (Å²) >= 11 is 0. The Hall–Kier alpha value is -3.13. The first-order valence-corrected chi connectivity index (χ1v) is 11.6. The molecule has 2 heterocycles. The van der Waals surface area contributed by atoms with E-state index in [0.717, 1.165) is 32.4 Å². The zero-order valence-electron chi connectivity index (χ0n) is 19.7. The lowest BCUT2D eigenvalue weighted by Gasteiger charge is -2.32. The number of hydrogen-bond donors (Lipinski definition) is 2. The van der Waals surface area contributed by atoms with Crippen LogP contribution in [0.15, 0.2) is 36.4 Å². The fourth-order valence-corrected chi connectivity index (χ4v) is 3.82. The van der Waals surface area contributed by atoms with Crippen LogP contribution in [0.25, 0.3) is 0 Å². The van der Waals surface area contributed by atoms with Crippen molar-refractivity contribution in [3.63, 3.8) is 0 Å². The number of nitrogens with zero attached hydrogens (tertiary/aromatic N) is 2. The van der Waals surface area contributed by atoms with Crippen molar-refractivity contribution >= 4 is 11.8 Å². The molecule has 0 bridgehead atoms. The summed E-state index contributed by atoms with van der Waals surface area (Å²) in [6, 6.07) is 10.3. The van der Waals surface area contributed by atoms with Crippen molar-refractivity contribution in [2.45, 2.75) is 46.1 Å². The number of nitrogens with one attached hydrogen (secondary N) is 1. The third kappa shape index (κ3) is 6.92. The Morgan fingerprint density at radius 1 is 1.15 bits per heavy atom. The lowest BCUT2D eigenvalue weighted by molar-refractivity contribution is 0.0686. The van der Waals surface area contributed by atoms with Crippen molar-refractivity contribution in [2.75, 3.05) is 26.2 Å². The van der Waals surface area contributed by atoms with E-state index in [4.69, 9.17) is 25.4 Å². The molecule has 3 N–H and O–H groups in total. The van der Waals surface area contributed by atoms with Crippen LogP contribution >= 0.6 is 0 Å². The lowest BCUT2D eigenvalue weighted by Crippen LogP contribution is -2.38. The van der Waals surface area contributed by atoms with Gasteiger partial charge in [0.05, 0.1) is 18.3 Å². The number of hydrogen-bond acceptors (Lipinski definition) is 7. The van der Waals surface area contributed by atoms with Crippen molar-refractivity contribution in [3.8, 4) is 17.5 Å². The Morgan fingerprint density at radius 3 is 2.42 bits per heavy atom. The van der Waals surface area contributed by atoms with E-state index in [1.54, 1.807) is 36.4 Å². The fourth-order valence-electron chi connectivity index (χ4n) is 3.82. The minimum Gasteiger partial charge on any atom is -0.478 e. The minimum atomic E-state index is -0.0911. The van der Waals surface area contributed by atoms with E-state index in [9.17, 15) is 4.79 Å². The molecule has 178 valence electrons. The Kier molecular flexibility index (Phi) is 8.65. The van der Waals surface area contributed by atoms with Crippen LogP contribution in [0.3, 0.4) is 0 Å². The van der Waals surface area contributed by atoms with Crippen LogP contribution in [0.1, 0.15) is 56.0 Å². The summed E-state index contributed by atoms with van der Waals surface area (Å²) in [5.41, 5.74) is 6.83. The molecule has 8 heteroatoms. The molecule has 33 heavy (non-hydrogen) atoms. The van der Waals surface area contributed by atoms with Crippen LogP contribution in [0, 0.1) is 11.3 Å². The van der Waals surface area contributed by atoms with E-state index in [0.29, 0.717) is 41.8 Å². The van der Waals surface area contributed by atoms with Crippen molar-refractivity contribution in [1.29, 1.82) is 5.41 Å². The number of piperidine rings is 1. The number of carbonyl (C=O) groups is 1. The van der Waals surface area contributed by atoms with Crippen molar-refractivity contribution in [1.82, 2.24) is 9.88 Å². The molecule has 0 unspecified atom stereocenters. The first-order chi connectivity index (χ1) is 15.9. The molecular formula is C25H34N4O4. The quantitative estimate of drug-likeness (QED) is 0.433. The number of rotatable bonds is 9. The number of benzene rings is 1. The molecule has 0 aliphatic carbocycles. The molecule has 1 aromatic carbocycles. The van der Waals surface area contributed by atoms with Crippen LogP contribution < -0.4 is 15.2 Å². The largest absolute Gasteiger partial charge is 0.478 e. The van der Waals surface area contributed by atoms with Gasteiger partial charge in [-0.3, -0.25) is 10.2 Å². The molecule has 0 spiro atoms. The van der Waals surface area contributed by atoms with Crippen molar-refractivity contribution < 1.29 is 19.0 Å². The van der Waals surface area contributed by atoms with Crippen molar-refractivity contribution in [2.24, 2.45) is 11.7 Å². The molecule has 1 aliphatic rings. The van der Waals surface area contributed by atoms with Gasteiger partial charge in [0.1, 0.15) is 5.75 Å². The highest BCUT2D eigenvalue weighted by molar-refractivity contribution is 5.95. The summed E-state index contributed by atoms with van der Waals surface area (Å²) in [7, 11) is 0. The number of aromatic nitrogens is 1. The summed E-state index contributed by atoms with van der Waals surface area (Å²) in [5.74, 6) is 1.81. The van der Waals surface area contributed by atoms with E-state index in [2.05, 4.69) is 4.98 Å². The Morgan fingerprint density at radius 2 is 1.82 bits per heavy atom. The molecule has 1 saturated heterocycles. The number of pyridine rings is 1. The summed E-state index contributed by atoms with van der Waals surface area (Å²) in [5, 5.41) is 7.88. The summed E-state index contributed by atoms with van der Waals surface area (Å²) in [6.45, 7) is 8.21. The van der Waals surface area contributed by atoms with Gasteiger partial charge < -0.3 is 24.8 Å². The zero-order chi connectivity index (χ0) is 23.8. The van der Waals surface area contributed by atoms with Gasteiger partial charge in [-0.05, 0) is 76.8 Å². The molecule has 0 atom stereocenters. The highest BCUT2D eigenvalue weighted by Gasteiger charge is 2.24. The predicted octanol–water partition coefficient (Wildman–Crippen LogP) is 4.22. The highest BCUT2D eigenvalue weighted by Crippen LogP contribution is 2.27. The number of carbonyl (C=O) groups excluding carboxylic acids is 1. The average Bonchev–Trinajstić information content (AvgIpc) is 2.79. The van der Waals surface area contributed by atoms with Gasteiger partial charge in [0.15, 0.2) is 0 Å². The Labute approximate surface area is 195 Å². The van der Waals surface area contributed by atoms with E-state index < -0.39 is 0 Å². The lowest BCUT2D eigenvalue weighted by atomic mass is 9.93. The maximum atomic E-state index is 13.2. The van der Waals surface area contributed by atoms with Crippen molar-refractivity contribution in [3.05, 3.63) is 47.5 Å². The normalized spacial score (nSPS) is 14.3. The monoisotopic (exact) mass is 454 g/mol. The van der Waals surface area contributed by atoms with Gasteiger partial charge in [-0.15, -0.1) is 0 Å². The van der Waals surface area contributed by atoms with Gasteiger partial charge in [0.2, 0.25) is 17.7 Å². The highest BCUT2D eigenvalue weighted by atomic mass is 16.5. The van der Waals surface area contributed by atoms with E-state index in [-0.39, 0.29) is 23.8 Å². The molecular weight excluding hydrogens is 420 g/mol. The Bertz CT molecular complexity index is 938. The van der Waals surface area contributed by atoms with Crippen LogP contribution in [0.2, 0.25) is 0 Å². The molecule has 1 aromatic heterocycles. The van der Waals surface area contributed by atoms with E-state index in [1.807, 2.05) is 25.7 Å². The average molecular weight is 455 g/mol. The zero-order valence-corrected chi connectivity index (χ0v) is 19.7. The van der Waals surface area contributed by atoms with Crippen LogP contribution in [-0.4, -0.2) is 54.0 Å². The maximum absolute atomic E-state index is 13.2. The number of amides is 1. The second-order valence-electron chi connectivity index (χ2n) is 8.40. The van der Waals surface area contributed by atoms with Gasteiger partial charge in [-0.25, -0.2) is 0 Å². The summed E-state index contributed by atoms with van der Waals surface area (Å²) in [4.78, 5) is 19.5.